The van der Waals surface area contributed by atoms with E-state index >= 15 is 0 Å². The summed E-state index contributed by atoms with van der Waals surface area (Å²) in [6.07, 6.45) is 2.90. The first-order valence-electron chi connectivity index (χ1n) is 4.05. The summed E-state index contributed by atoms with van der Waals surface area (Å²) < 4.78 is 0. The molecule has 2 heterocycles. The number of halogens is 1. The van der Waals surface area contributed by atoms with E-state index in [1.54, 1.807) is 12.1 Å². The van der Waals surface area contributed by atoms with Gasteiger partial charge in [0.25, 0.3) is 5.91 Å². The van der Waals surface area contributed by atoms with Gasteiger partial charge in [0.05, 0.1) is 11.8 Å². The molecule has 0 aliphatic rings. The number of carbonyl (C=O) groups is 1. The molecule has 0 aliphatic carbocycles. The molecule has 0 spiro atoms. The Morgan fingerprint density at radius 2 is 2.27 bits per heavy atom. The molecule has 6 nitrogen and oxygen atoms in total. The Morgan fingerprint density at radius 3 is 2.87 bits per heavy atom. The molecule has 0 saturated heterocycles. The standard InChI is InChI=1S/C8H6ClN5O/c9-6-1-2-7(14-13-6)12-8(15)5-3-10-11-4-5/h1-4H,(H,10,11)(H,12,14,15). The van der Waals surface area contributed by atoms with Crippen LogP contribution in [0.1, 0.15) is 10.4 Å². The number of nitrogens with zero attached hydrogens (tertiary/aromatic N) is 3. The van der Waals surface area contributed by atoms with Crippen LogP contribution in [-0.4, -0.2) is 26.3 Å². The molecule has 7 heteroatoms. The second kappa shape index (κ2) is 4.05. The Hall–Kier alpha value is -1.95. The summed E-state index contributed by atoms with van der Waals surface area (Å²) in [5, 5.41) is 16.3. The highest BCUT2D eigenvalue weighted by Crippen LogP contribution is 2.07. The molecule has 0 aromatic carbocycles. The van der Waals surface area contributed by atoms with Gasteiger partial charge in [0, 0.05) is 6.20 Å². The number of hydrogen-bond acceptors (Lipinski definition) is 4. The maximum absolute atomic E-state index is 11.5. The molecule has 76 valence electrons. The summed E-state index contributed by atoms with van der Waals surface area (Å²) in [4.78, 5) is 11.5. The molecule has 15 heavy (non-hydrogen) atoms. The van der Waals surface area contributed by atoms with Crippen molar-refractivity contribution >= 4 is 23.3 Å². The summed E-state index contributed by atoms with van der Waals surface area (Å²) in [6.45, 7) is 0. The molecule has 0 unspecified atom stereocenters. The SMILES string of the molecule is O=C(Nc1ccc(Cl)nn1)c1cn[nH]c1. The van der Waals surface area contributed by atoms with Crippen LogP contribution in [0, 0.1) is 0 Å². The second-order valence-corrected chi connectivity index (χ2v) is 3.07. The fourth-order valence-electron chi connectivity index (χ4n) is 0.946. The van der Waals surface area contributed by atoms with E-state index in [-0.39, 0.29) is 11.1 Å². The van der Waals surface area contributed by atoms with E-state index in [0.29, 0.717) is 11.4 Å². The molecular formula is C8H6ClN5O. The number of hydrogen-bond donors (Lipinski definition) is 2. The van der Waals surface area contributed by atoms with E-state index in [1.807, 2.05) is 0 Å². The normalized spacial score (nSPS) is 9.93. The number of aromatic amines is 1. The molecular weight excluding hydrogens is 218 g/mol. The molecule has 0 aliphatic heterocycles. The first-order chi connectivity index (χ1) is 7.25. The molecule has 0 saturated carbocycles. The molecule has 0 fully saturated rings. The van der Waals surface area contributed by atoms with Gasteiger partial charge in [-0.3, -0.25) is 9.89 Å². The third kappa shape index (κ3) is 2.29. The van der Waals surface area contributed by atoms with Gasteiger partial charge in [-0.05, 0) is 12.1 Å². The van der Waals surface area contributed by atoms with Crippen LogP contribution in [0.3, 0.4) is 0 Å². The Bertz CT molecular complexity index is 452. The van der Waals surface area contributed by atoms with E-state index < -0.39 is 0 Å². The van der Waals surface area contributed by atoms with Crippen LogP contribution in [-0.2, 0) is 0 Å². The zero-order valence-electron chi connectivity index (χ0n) is 7.44. The van der Waals surface area contributed by atoms with Gasteiger partial charge in [-0.2, -0.15) is 5.10 Å². The molecule has 2 aromatic heterocycles. The minimum Gasteiger partial charge on any atom is -0.305 e. The van der Waals surface area contributed by atoms with Crippen molar-refractivity contribution in [2.45, 2.75) is 0 Å². The third-order valence-corrected chi connectivity index (χ3v) is 1.84. The summed E-state index contributed by atoms with van der Waals surface area (Å²) in [7, 11) is 0. The zero-order chi connectivity index (χ0) is 10.7. The van der Waals surface area contributed by atoms with Gasteiger partial charge in [-0.1, -0.05) is 11.6 Å². The minimum absolute atomic E-state index is 0.274. The molecule has 0 bridgehead atoms. The largest absolute Gasteiger partial charge is 0.305 e. The van der Waals surface area contributed by atoms with E-state index in [0.717, 1.165) is 0 Å². The van der Waals surface area contributed by atoms with Gasteiger partial charge in [-0.25, -0.2) is 0 Å². The van der Waals surface area contributed by atoms with Crippen molar-refractivity contribution in [1.29, 1.82) is 0 Å². The maximum Gasteiger partial charge on any atom is 0.260 e. The van der Waals surface area contributed by atoms with E-state index in [4.69, 9.17) is 11.6 Å². The van der Waals surface area contributed by atoms with Crippen molar-refractivity contribution in [3.05, 3.63) is 35.2 Å². The molecule has 0 radical (unpaired) electrons. The highest BCUT2D eigenvalue weighted by Gasteiger charge is 2.07. The molecule has 2 N–H and O–H groups in total. The van der Waals surface area contributed by atoms with Crippen molar-refractivity contribution in [2.75, 3.05) is 5.32 Å². The predicted molar refractivity (Wildman–Crippen MR) is 53.6 cm³/mol. The number of amides is 1. The van der Waals surface area contributed by atoms with E-state index in [9.17, 15) is 4.79 Å². The Labute approximate surface area is 89.7 Å². The monoisotopic (exact) mass is 223 g/mol. The fourth-order valence-corrected chi connectivity index (χ4v) is 1.05. The van der Waals surface area contributed by atoms with Crippen LogP contribution in [0.15, 0.2) is 24.5 Å². The average Bonchev–Trinajstić information content (AvgIpc) is 2.74. The first kappa shape index (κ1) is 9.60. The summed E-state index contributed by atoms with van der Waals surface area (Å²) >= 11 is 5.55. The predicted octanol–water partition coefficient (Wildman–Crippen LogP) is 1.11. The van der Waals surface area contributed by atoms with Gasteiger partial charge < -0.3 is 5.32 Å². The van der Waals surface area contributed by atoms with Crippen LogP contribution in [0.5, 0.6) is 0 Å². The lowest BCUT2D eigenvalue weighted by molar-refractivity contribution is 0.102. The summed E-state index contributed by atoms with van der Waals surface area (Å²) in [6, 6.07) is 3.10. The van der Waals surface area contributed by atoms with Gasteiger partial charge in [-0.15, -0.1) is 10.2 Å². The van der Waals surface area contributed by atoms with Gasteiger partial charge >= 0.3 is 0 Å². The van der Waals surface area contributed by atoms with Crippen LogP contribution in [0.4, 0.5) is 5.82 Å². The van der Waals surface area contributed by atoms with Crippen molar-refractivity contribution in [1.82, 2.24) is 20.4 Å². The Morgan fingerprint density at radius 1 is 1.40 bits per heavy atom. The van der Waals surface area contributed by atoms with Gasteiger partial charge in [0.1, 0.15) is 0 Å². The van der Waals surface area contributed by atoms with Crippen molar-refractivity contribution in [2.24, 2.45) is 0 Å². The van der Waals surface area contributed by atoms with E-state index in [2.05, 4.69) is 25.7 Å². The lowest BCUT2D eigenvalue weighted by Crippen LogP contribution is -2.12. The summed E-state index contributed by atoms with van der Waals surface area (Å²) in [5.74, 6) is 0.0333. The summed E-state index contributed by atoms with van der Waals surface area (Å²) in [5.41, 5.74) is 0.423. The van der Waals surface area contributed by atoms with Gasteiger partial charge in [0.2, 0.25) is 0 Å². The topological polar surface area (TPSA) is 83.6 Å². The lowest BCUT2D eigenvalue weighted by Gasteiger charge is -2.00. The van der Waals surface area contributed by atoms with Crippen molar-refractivity contribution < 1.29 is 4.79 Å². The number of nitrogens with one attached hydrogen (secondary N) is 2. The average molecular weight is 224 g/mol. The smallest absolute Gasteiger partial charge is 0.260 e. The van der Waals surface area contributed by atoms with Crippen molar-refractivity contribution in [3.63, 3.8) is 0 Å². The van der Waals surface area contributed by atoms with Gasteiger partial charge in [0.15, 0.2) is 11.0 Å². The van der Waals surface area contributed by atoms with Crippen LogP contribution in [0.2, 0.25) is 5.15 Å². The molecule has 2 rings (SSSR count). The van der Waals surface area contributed by atoms with Crippen LogP contribution >= 0.6 is 11.6 Å². The van der Waals surface area contributed by atoms with Crippen molar-refractivity contribution in [3.8, 4) is 0 Å². The highest BCUT2D eigenvalue weighted by molar-refractivity contribution is 6.29. The fraction of sp³-hybridized carbons (Fsp3) is 0. The number of H-pyrrole nitrogens is 1. The number of rotatable bonds is 2. The Kier molecular flexibility index (Phi) is 2.59. The maximum atomic E-state index is 11.5. The minimum atomic E-state index is -0.305. The molecule has 0 atom stereocenters. The number of aromatic nitrogens is 4. The zero-order valence-corrected chi connectivity index (χ0v) is 8.19. The first-order valence-corrected chi connectivity index (χ1v) is 4.43. The van der Waals surface area contributed by atoms with E-state index in [1.165, 1.54) is 12.4 Å². The molecule has 2 aromatic rings. The third-order valence-electron chi connectivity index (χ3n) is 1.63. The number of carbonyl (C=O) groups excluding carboxylic acids is 1. The second-order valence-electron chi connectivity index (χ2n) is 2.68. The van der Waals surface area contributed by atoms with Crippen LogP contribution < -0.4 is 5.32 Å². The number of anilines is 1. The molecule has 1 amide bonds. The quantitative estimate of drug-likeness (QED) is 0.799. The van der Waals surface area contributed by atoms with Crippen LogP contribution in [0.25, 0.3) is 0 Å². The Balaban J connectivity index is 2.09. The lowest BCUT2D eigenvalue weighted by atomic mass is 10.3. The highest BCUT2D eigenvalue weighted by atomic mass is 35.5.